The van der Waals surface area contributed by atoms with Crippen LogP contribution in [0.4, 0.5) is 5.13 Å². The number of hydrogen-bond acceptors (Lipinski definition) is 4. The van der Waals surface area contributed by atoms with Gasteiger partial charge in [0.05, 0.1) is 10.6 Å². The van der Waals surface area contributed by atoms with Crippen LogP contribution in [0.3, 0.4) is 0 Å². The Labute approximate surface area is 117 Å². The Kier molecular flexibility index (Phi) is 4.21. The summed E-state index contributed by atoms with van der Waals surface area (Å²) in [6, 6.07) is 8.31. The highest BCUT2D eigenvalue weighted by molar-refractivity contribution is 7.93. The molecule has 0 unspecified atom stereocenters. The highest BCUT2D eigenvalue weighted by Crippen LogP contribution is 2.25. The summed E-state index contributed by atoms with van der Waals surface area (Å²) in [5.74, 6) is 0. The summed E-state index contributed by atoms with van der Waals surface area (Å²) in [6.07, 6.45) is 1.87. The molecule has 1 N–H and O–H groups in total. The molecule has 0 atom stereocenters. The van der Waals surface area contributed by atoms with Crippen molar-refractivity contribution in [3.63, 3.8) is 0 Å². The number of thiazole rings is 1. The molecular formula is C13H16N2O2S2. The third kappa shape index (κ3) is 3.33. The summed E-state index contributed by atoms with van der Waals surface area (Å²) in [5, 5.41) is 0.435. The Bertz CT molecular complexity index is 649. The summed E-state index contributed by atoms with van der Waals surface area (Å²) < 4.78 is 26.8. The zero-order valence-corrected chi connectivity index (χ0v) is 12.5. The second kappa shape index (κ2) is 5.71. The summed E-state index contributed by atoms with van der Waals surface area (Å²) in [7, 11) is -3.53. The molecule has 0 saturated heterocycles. The maximum atomic E-state index is 12.1. The van der Waals surface area contributed by atoms with E-state index in [2.05, 4.69) is 16.6 Å². The van der Waals surface area contributed by atoms with Crippen LogP contribution in [-0.4, -0.2) is 13.4 Å². The molecule has 19 heavy (non-hydrogen) atoms. The van der Waals surface area contributed by atoms with E-state index in [1.54, 1.807) is 30.3 Å². The fourth-order valence-electron chi connectivity index (χ4n) is 1.71. The van der Waals surface area contributed by atoms with E-state index in [-0.39, 0.29) is 4.90 Å². The maximum absolute atomic E-state index is 12.1. The molecule has 102 valence electrons. The molecule has 2 rings (SSSR count). The van der Waals surface area contributed by atoms with Gasteiger partial charge in [0, 0.05) is 4.88 Å². The fourth-order valence-corrected chi connectivity index (χ4v) is 3.83. The van der Waals surface area contributed by atoms with Gasteiger partial charge in [-0.3, -0.25) is 4.72 Å². The van der Waals surface area contributed by atoms with Crippen molar-refractivity contribution in [2.24, 2.45) is 0 Å². The fraction of sp³-hybridized carbons (Fsp3) is 0.308. The maximum Gasteiger partial charge on any atom is 0.263 e. The first kappa shape index (κ1) is 14.0. The Hall–Kier alpha value is -1.40. The number of nitrogens with zero attached hydrogens (tertiary/aromatic N) is 1. The molecule has 4 nitrogen and oxygen atoms in total. The number of rotatable bonds is 5. The smallest absolute Gasteiger partial charge is 0.255 e. The molecule has 0 fully saturated rings. The second-order valence-electron chi connectivity index (χ2n) is 4.19. The van der Waals surface area contributed by atoms with Crippen molar-refractivity contribution >= 4 is 26.5 Å². The van der Waals surface area contributed by atoms with Crippen LogP contribution in [0, 0.1) is 6.92 Å². The molecule has 1 aromatic carbocycles. The van der Waals surface area contributed by atoms with Crippen LogP contribution in [-0.2, 0) is 16.4 Å². The molecule has 0 saturated carbocycles. The minimum absolute atomic E-state index is 0.250. The van der Waals surface area contributed by atoms with Crippen LogP contribution in [0.15, 0.2) is 35.2 Å². The highest BCUT2D eigenvalue weighted by Gasteiger charge is 2.16. The van der Waals surface area contributed by atoms with Gasteiger partial charge in [0.2, 0.25) is 0 Å². The van der Waals surface area contributed by atoms with Crippen LogP contribution in [0.2, 0.25) is 0 Å². The van der Waals surface area contributed by atoms with Crippen molar-refractivity contribution < 1.29 is 8.42 Å². The monoisotopic (exact) mass is 296 g/mol. The number of sulfonamides is 1. The lowest BCUT2D eigenvalue weighted by Crippen LogP contribution is -2.12. The summed E-state index contributed by atoms with van der Waals surface area (Å²) in [4.78, 5) is 5.65. The SMILES string of the molecule is CCCc1nc(NS(=O)(=O)c2ccccc2)sc1C. The lowest BCUT2D eigenvalue weighted by atomic mass is 10.2. The van der Waals surface area contributed by atoms with Gasteiger partial charge in [-0.2, -0.15) is 0 Å². The summed E-state index contributed by atoms with van der Waals surface area (Å²) >= 11 is 1.37. The zero-order chi connectivity index (χ0) is 13.9. The number of aromatic nitrogens is 1. The first-order valence-corrected chi connectivity index (χ1v) is 8.37. The molecule has 0 aliphatic carbocycles. The minimum Gasteiger partial charge on any atom is -0.255 e. The van der Waals surface area contributed by atoms with E-state index in [9.17, 15) is 8.42 Å². The second-order valence-corrected chi connectivity index (χ2v) is 7.08. The number of aryl methyl sites for hydroxylation is 2. The third-order valence-corrected chi connectivity index (χ3v) is 5.07. The Morgan fingerprint density at radius 3 is 2.58 bits per heavy atom. The topological polar surface area (TPSA) is 59.1 Å². The Balaban J connectivity index is 2.24. The van der Waals surface area contributed by atoms with Crippen LogP contribution in [0.5, 0.6) is 0 Å². The van der Waals surface area contributed by atoms with E-state index in [4.69, 9.17) is 0 Å². The van der Waals surface area contributed by atoms with Gasteiger partial charge in [0.15, 0.2) is 5.13 Å². The molecule has 0 spiro atoms. The van der Waals surface area contributed by atoms with E-state index >= 15 is 0 Å². The van der Waals surface area contributed by atoms with Gasteiger partial charge >= 0.3 is 0 Å². The Morgan fingerprint density at radius 1 is 1.26 bits per heavy atom. The lowest BCUT2D eigenvalue weighted by molar-refractivity contribution is 0.601. The average Bonchev–Trinajstić information content (AvgIpc) is 2.70. The zero-order valence-electron chi connectivity index (χ0n) is 10.9. The summed E-state index contributed by atoms with van der Waals surface area (Å²) in [6.45, 7) is 4.04. The van der Waals surface area contributed by atoms with E-state index < -0.39 is 10.0 Å². The third-order valence-electron chi connectivity index (χ3n) is 2.65. The number of nitrogens with one attached hydrogen (secondary N) is 1. The van der Waals surface area contributed by atoms with E-state index in [1.165, 1.54) is 11.3 Å². The normalized spacial score (nSPS) is 11.5. The molecule has 2 aromatic rings. The predicted octanol–water partition coefficient (Wildman–Crippen LogP) is 3.20. The first-order valence-electron chi connectivity index (χ1n) is 6.07. The highest BCUT2D eigenvalue weighted by atomic mass is 32.2. The molecule has 0 radical (unpaired) electrons. The van der Waals surface area contributed by atoms with Gasteiger partial charge in [0.1, 0.15) is 0 Å². The van der Waals surface area contributed by atoms with E-state index in [0.29, 0.717) is 5.13 Å². The van der Waals surface area contributed by atoms with Crippen LogP contribution in [0.25, 0.3) is 0 Å². The van der Waals surface area contributed by atoms with Crippen LogP contribution < -0.4 is 4.72 Å². The van der Waals surface area contributed by atoms with Crippen LogP contribution in [0.1, 0.15) is 23.9 Å². The molecule has 0 bridgehead atoms. The molecular weight excluding hydrogens is 280 g/mol. The molecule has 1 aromatic heterocycles. The predicted molar refractivity (Wildman–Crippen MR) is 78.1 cm³/mol. The van der Waals surface area contributed by atoms with Crippen molar-refractivity contribution in [3.05, 3.63) is 40.9 Å². The number of hydrogen-bond donors (Lipinski definition) is 1. The van der Waals surface area contributed by atoms with Crippen molar-refractivity contribution in [2.75, 3.05) is 4.72 Å². The first-order chi connectivity index (χ1) is 9.03. The minimum atomic E-state index is -3.53. The van der Waals surface area contributed by atoms with Gasteiger partial charge in [-0.25, -0.2) is 13.4 Å². The van der Waals surface area contributed by atoms with Gasteiger partial charge < -0.3 is 0 Å². The van der Waals surface area contributed by atoms with E-state index in [1.807, 2.05) is 6.92 Å². The molecule has 0 aliphatic rings. The molecule has 6 heteroatoms. The van der Waals surface area contributed by atoms with Crippen molar-refractivity contribution in [1.29, 1.82) is 0 Å². The molecule has 1 heterocycles. The molecule has 0 aliphatic heterocycles. The van der Waals surface area contributed by atoms with Crippen molar-refractivity contribution in [3.8, 4) is 0 Å². The standard InChI is InChI=1S/C13H16N2O2S2/c1-3-7-12-10(2)18-13(14-12)15-19(16,17)11-8-5-4-6-9-11/h4-6,8-9H,3,7H2,1-2H3,(H,14,15). The summed E-state index contributed by atoms with van der Waals surface area (Å²) in [5.41, 5.74) is 0.971. The van der Waals surface area contributed by atoms with Gasteiger partial charge in [-0.05, 0) is 25.5 Å². The van der Waals surface area contributed by atoms with Crippen molar-refractivity contribution in [1.82, 2.24) is 4.98 Å². The quantitative estimate of drug-likeness (QED) is 0.921. The van der Waals surface area contributed by atoms with Gasteiger partial charge in [0.25, 0.3) is 10.0 Å². The average molecular weight is 296 g/mol. The van der Waals surface area contributed by atoms with E-state index in [0.717, 1.165) is 23.4 Å². The van der Waals surface area contributed by atoms with Gasteiger partial charge in [-0.15, -0.1) is 11.3 Å². The number of anilines is 1. The van der Waals surface area contributed by atoms with Crippen molar-refractivity contribution in [2.45, 2.75) is 31.6 Å². The Morgan fingerprint density at radius 2 is 1.95 bits per heavy atom. The van der Waals surface area contributed by atoms with Gasteiger partial charge in [-0.1, -0.05) is 31.5 Å². The lowest BCUT2D eigenvalue weighted by Gasteiger charge is -2.04. The largest absolute Gasteiger partial charge is 0.263 e. The number of benzene rings is 1. The van der Waals surface area contributed by atoms with Crippen LogP contribution >= 0.6 is 11.3 Å². The molecule has 0 amide bonds.